The highest BCUT2D eigenvalue weighted by Crippen LogP contribution is 2.42. The van der Waals surface area contributed by atoms with Crippen molar-refractivity contribution in [2.24, 2.45) is 0 Å². The first-order chi connectivity index (χ1) is 18.1. The lowest BCUT2D eigenvalue weighted by molar-refractivity contribution is 0.0950. The normalized spacial score (nSPS) is 24.2. The fourth-order valence-corrected chi connectivity index (χ4v) is 6.03. The molecule has 194 valence electrons. The summed E-state index contributed by atoms with van der Waals surface area (Å²) in [5.74, 6) is 2.42. The highest BCUT2D eigenvalue weighted by atomic mass is 16.8. The molecule has 5 nitrogen and oxygen atoms in total. The molecule has 0 spiro atoms. The van der Waals surface area contributed by atoms with Gasteiger partial charge in [-0.1, -0.05) is 24.3 Å². The van der Waals surface area contributed by atoms with Crippen LogP contribution in [0, 0.1) is 13.8 Å². The highest BCUT2D eigenvalue weighted by molar-refractivity contribution is 5.72. The number of epoxide rings is 1. The lowest BCUT2D eigenvalue weighted by atomic mass is 9.94. The lowest BCUT2D eigenvalue weighted by Gasteiger charge is -2.17. The second kappa shape index (κ2) is 10.5. The summed E-state index contributed by atoms with van der Waals surface area (Å²) in [6.45, 7) is 6.32. The van der Waals surface area contributed by atoms with E-state index in [1.54, 1.807) is 7.11 Å². The number of rotatable bonds is 9. The van der Waals surface area contributed by atoms with Gasteiger partial charge in [0.05, 0.1) is 13.2 Å². The number of fused-ring (bicyclic) bond motifs is 1. The van der Waals surface area contributed by atoms with Crippen molar-refractivity contribution in [3.05, 3.63) is 82.4 Å². The number of hydrogen-bond acceptors (Lipinski definition) is 5. The topological polar surface area (TPSA) is 49.5 Å². The van der Waals surface area contributed by atoms with Gasteiger partial charge in [0, 0.05) is 13.5 Å². The molecule has 1 aliphatic carbocycles. The highest BCUT2D eigenvalue weighted by Gasteiger charge is 2.41. The van der Waals surface area contributed by atoms with Gasteiger partial charge >= 0.3 is 0 Å². The number of hydrogen-bond donors (Lipinski definition) is 0. The van der Waals surface area contributed by atoms with Crippen molar-refractivity contribution >= 4 is 0 Å². The van der Waals surface area contributed by atoms with Gasteiger partial charge in [-0.15, -0.1) is 0 Å². The van der Waals surface area contributed by atoms with E-state index in [-0.39, 0.29) is 18.5 Å². The molecule has 0 aromatic heterocycles. The first-order valence-electron chi connectivity index (χ1n) is 13.5. The summed E-state index contributed by atoms with van der Waals surface area (Å²) >= 11 is 0. The van der Waals surface area contributed by atoms with Crippen molar-refractivity contribution in [3.63, 3.8) is 0 Å². The maximum Gasteiger partial charge on any atom is 0.184 e. The van der Waals surface area contributed by atoms with Crippen LogP contribution in [0.5, 0.6) is 11.5 Å². The Kier molecular flexibility index (Phi) is 6.94. The molecule has 2 heterocycles. The molecule has 0 N–H and O–H groups in total. The molecule has 3 aromatic carbocycles. The van der Waals surface area contributed by atoms with Crippen LogP contribution in [0.1, 0.15) is 53.0 Å². The second-order valence-corrected chi connectivity index (χ2v) is 10.6. The summed E-state index contributed by atoms with van der Waals surface area (Å²) < 4.78 is 28.7. The van der Waals surface area contributed by atoms with E-state index in [9.17, 15) is 0 Å². The third-order valence-electron chi connectivity index (χ3n) is 7.92. The Hall–Kier alpha value is -2.86. The molecule has 37 heavy (non-hydrogen) atoms. The number of methoxy groups -OCH3 is 1. The molecule has 0 bridgehead atoms. The van der Waals surface area contributed by atoms with Crippen molar-refractivity contribution in [2.75, 3.05) is 20.3 Å². The van der Waals surface area contributed by atoms with Gasteiger partial charge in [0.2, 0.25) is 0 Å². The summed E-state index contributed by atoms with van der Waals surface area (Å²) in [7, 11) is 1.72. The predicted molar refractivity (Wildman–Crippen MR) is 143 cm³/mol. The van der Waals surface area contributed by atoms with E-state index in [4.69, 9.17) is 23.7 Å². The molecule has 2 aliphatic heterocycles. The number of aryl methyl sites for hydroxylation is 3. The molecular formula is C32H36O5. The van der Waals surface area contributed by atoms with Crippen molar-refractivity contribution in [3.8, 4) is 22.6 Å². The Balaban J connectivity index is 1.11. The van der Waals surface area contributed by atoms with Gasteiger partial charge in [0.15, 0.2) is 6.29 Å². The Morgan fingerprint density at radius 2 is 1.81 bits per heavy atom. The minimum Gasteiger partial charge on any atom is -0.489 e. The summed E-state index contributed by atoms with van der Waals surface area (Å²) in [6, 6.07) is 19.6. The fourth-order valence-electron chi connectivity index (χ4n) is 6.03. The third-order valence-corrected chi connectivity index (χ3v) is 7.92. The van der Waals surface area contributed by atoms with E-state index in [0.29, 0.717) is 19.1 Å². The summed E-state index contributed by atoms with van der Waals surface area (Å²) in [6.07, 6.45) is 4.67. The van der Waals surface area contributed by atoms with Crippen LogP contribution >= 0.6 is 0 Å². The molecule has 3 aromatic rings. The van der Waals surface area contributed by atoms with Crippen molar-refractivity contribution in [1.29, 1.82) is 0 Å². The maximum absolute atomic E-state index is 6.25. The minimum absolute atomic E-state index is 0.00621. The zero-order valence-electron chi connectivity index (χ0n) is 22.0. The average Bonchev–Trinajstić information content (AvgIpc) is 3.23. The summed E-state index contributed by atoms with van der Waals surface area (Å²) in [4.78, 5) is 0. The van der Waals surface area contributed by atoms with E-state index < -0.39 is 0 Å². The Labute approximate surface area is 219 Å². The molecule has 0 radical (unpaired) electrons. The maximum atomic E-state index is 6.25. The van der Waals surface area contributed by atoms with Crippen LogP contribution in [0.3, 0.4) is 0 Å². The Morgan fingerprint density at radius 1 is 0.946 bits per heavy atom. The number of ether oxygens (including phenoxy) is 5. The first kappa shape index (κ1) is 24.5. The van der Waals surface area contributed by atoms with Crippen LogP contribution in [0.4, 0.5) is 0 Å². The first-order valence-corrected chi connectivity index (χ1v) is 13.5. The zero-order valence-corrected chi connectivity index (χ0v) is 22.0. The van der Waals surface area contributed by atoms with E-state index in [2.05, 4.69) is 68.4 Å². The third kappa shape index (κ3) is 5.40. The van der Waals surface area contributed by atoms with Gasteiger partial charge < -0.3 is 23.7 Å². The van der Waals surface area contributed by atoms with Crippen LogP contribution in [-0.2, 0) is 27.2 Å². The van der Waals surface area contributed by atoms with Crippen molar-refractivity contribution in [1.82, 2.24) is 0 Å². The lowest BCUT2D eigenvalue weighted by Crippen LogP contribution is -2.15. The van der Waals surface area contributed by atoms with Crippen LogP contribution in [0.2, 0.25) is 0 Å². The largest absolute Gasteiger partial charge is 0.489 e. The van der Waals surface area contributed by atoms with Crippen LogP contribution in [-0.4, -0.2) is 38.8 Å². The molecule has 3 aliphatic rings. The van der Waals surface area contributed by atoms with E-state index >= 15 is 0 Å². The van der Waals surface area contributed by atoms with Gasteiger partial charge in [-0.25, -0.2) is 0 Å². The average molecular weight is 501 g/mol. The van der Waals surface area contributed by atoms with Gasteiger partial charge in [0.1, 0.15) is 30.3 Å². The van der Waals surface area contributed by atoms with Crippen LogP contribution in [0.25, 0.3) is 11.1 Å². The van der Waals surface area contributed by atoms with Crippen LogP contribution in [0.15, 0.2) is 54.6 Å². The molecule has 4 atom stereocenters. The van der Waals surface area contributed by atoms with Crippen molar-refractivity contribution in [2.45, 2.75) is 70.6 Å². The molecule has 2 fully saturated rings. The molecule has 0 amide bonds. The molecule has 6 rings (SSSR count). The van der Waals surface area contributed by atoms with E-state index in [0.717, 1.165) is 42.9 Å². The SMILES string of the molecule is COC1OC1CC1CCc2cc(OCc3cccc(-c4c(C)cc(O[C@@H]5CCOC5)cc4C)c3)ccc21. The smallest absolute Gasteiger partial charge is 0.184 e. The molecule has 2 saturated heterocycles. The molecule has 0 saturated carbocycles. The molecule has 5 heteroatoms. The summed E-state index contributed by atoms with van der Waals surface area (Å²) in [5, 5.41) is 0. The number of benzene rings is 3. The van der Waals surface area contributed by atoms with Gasteiger partial charge in [-0.05, 0) is 108 Å². The van der Waals surface area contributed by atoms with Crippen LogP contribution < -0.4 is 9.47 Å². The monoisotopic (exact) mass is 500 g/mol. The van der Waals surface area contributed by atoms with Crippen molar-refractivity contribution < 1.29 is 23.7 Å². The van der Waals surface area contributed by atoms with E-state index in [1.807, 2.05) is 0 Å². The standard InChI is InChI=1S/C32H36O5/c1-20-13-28(36-27-11-12-34-19-27)14-21(2)31(20)25-6-4-5-22(15-25)18-35-26-9-10-29-23(16-26)7-8-24(29)17-30-32(33-3)37-30/h4-6,9-10,13-16,24,27,30,32H,7-8,11-12,17-19H2,1-3H3/t24?,27-,30?,32?/m1/s1. The molecule has 3 unspecified atom stereocenters. The quantitative estimate of drug-likeness (QED) is 0.314. The van der Waals surface area contributed by atoms with Gasteiger partial charge in [-0.3, -0.25) is 0 Å². The fraction of sp³-hybridized carbons (Fsp3) is 0.438. The van der Waals surface area contributed by atoms with E-state index in [1.165, 1.54) is 39.8 Å². The zero-order chi connectivity index (χ0) is 25.4. The Morgan fingerprint density at radius 3 is 2.57 bits per heavy atom. The molecular weight excluding hydrogens is 464 g/mol. The summed E-state index contributed by atoms with van der Waals surface area (Å²) in [5.41, 5.74) is 8.91. The second-order valence-electron chi connectivity index (χ2n) is 10.6. The predicted octanol–water partition coefficient (Wildman–Crippen LogP) is 6.51. The van der Waals surface area contributed by atoms with Gasteiger partial charge in [0.25, 0.3) is 0 Å². The Bertz CT molecular complexity index is 1240. The van der Waals surface area contributed by atoms with Gasteiger partial charge in [-0.2, -0.15) is 0 Å². The minimum atomic E-state index is -0.00621.